The Morgan fingerprint density at radius 2 is 2.15 bits per heavy atom. The summed E-state index contributed by atoms with van der Waals surface area (Å²) < 4.78 is 14.1. The van der Waals surface area contributed by atoms with Gasteiger partial charge in [0.15, 0.2) is 0 Å². The maximum Gasteiger partial charge on any atom is 0.252 e. The molecular formula is C12H10FN5O2. The Kier molecular flexibility index (Phi) is 2.90. The molecule has 1 atom stereocenters. The van der Waals surface area contributed by atoms with Gasteiger partial charge in [-0.15, -0.1) is 0 Å². The molecule has 2 amide bonds. The van der Waals surface area contributed by atoms with Crippen molar-refractivity contribution in [3.63, 3.8) is 0 Å². The highest BCUT2D eigenvalue weighted by molar-refractivity contribution is 6.00. The maximum atomic E-state index is 12.7. The van der Waals surface area contributed by atoms with Crippen LogP contribution in [0.4, 0.5) is 16.0 Å². The number of nitrogens with zero attached hydrogens (tertiary/aromatic N) is 3. The van der Waals surface area contributed by atoms with Gasteiger partial charge in [-0.2, -0.15) is 10.1 Å². The molecule has 1 aliphatic rings. The minimum Gasteiger partial charge on any atom is -0.326 e. The van der Waals surface area contributed by atoms with Crippen molar-refractivity contribution in [2.75, 3.05) is 10.6 Å². The molecule has 2 heterocycles. The second-order valence-electron chi connectivity index (χ2n) is 4.29. The number of rotatable bonds is 3. The molecule has 0 spiro atoms. The third-order valence-corrected chi connectivity index (χ3v) is 2.91. The van der Waals surface area contributed by atoms with Crippen molar-refractivity contribution in [1.82, 2.24) is 14.8 Å². The third kappa shape index (κ3) is 2.22. The van der Waals surface area contributed by atoms with E-state index in [0.717, 1.165) is 0 Å². The van der Waals surface area contributed by atoms with Gasteiger partial charge in [0.25, 0.3) is 5.91 Å². The fraction of sp³-hybridized carbons (Fsp3) is 0.167. The SMILES string of the molecule is O=C(CC1C(=O)Nc2ncnn21)Nc1ccc(F)cc1. The van der Waals surface area contributed by atoms with Crippen molar-refractivity contribution in [2.45, 2.75) is 12.5 Å². The molecule has 2 N–H and O–H groups in total. The lowest BCUT2D eigenvalue weighted by molar-refractivity contribution is -0.123. The van der Waals surface area contributed by atoms with Crippen molar-refractivity contribution in [3.05, 3.63) is 36.4 Å². The summed E-state index contributed by atoms with van der Waals surface area (Å²) >= 11 is 0. The summed E-state index contributed by atoms with van der Waals surface area (Å²) in [5, 5.41) is 9.01. The Balaban J connectivity index is 1.68. The summed E-state index contributed by atoms with van der Waals surface area (Å²) in [6.45, 7) is 0. The molecule has 1 aromatic carbocycles. The summed E-state index contributed by atoms with van der Waals surface area (Å²) in [5.74, 6) is -0.741. The molecule has 0 saturated carbocycles. The molecule has 1 unspecified atom stereocenters. The molecule has 0 bridgehead atoms. The quantitative estimate of drug-likeness (QED) is 0.872. The van der Waals surface area contributed by atoms with Crippen LogP contribution >= 0.6 is 0 Å². The highest BCUT2D eigenvalue weighted by Gasteiger charge is 2.33. The molecule has 7 nitrogen and oxygen atoms in total. The van der Waals surface area contributed by atoms with Gasteiger partial charge in [-0.25, -0.2) is 9.07 Å². The molecular weight excluding hydrogens is 265 g/mol. The first-order chi connectivity index (χ1) is 9.63. The van der Waals surface area contributed by atoms with E-state index in [4.69, 9.17) is 0 Å². The van der Waals surface area contributed by atoms with Gasteiger partial charge in [-0.3, -0.25) is 14.9 Å². The van der Waals surface area contributed by atoms with E-state index >= 15 is 0 Å². The van der Waals surface area contributed by atoms with Crippen molar-refractivity contribution < 1.29 is 14.0 Å². The van der Waals surface area contributed by atoms with Crippen molar-refractivity contribution in [2.24, 2.45) is 0 Å². The van der Waals surface area contributed by atoms with Gasteiger partial charge in [0, 0.05) is 5.69 Å². The number of aromatic nitrogens is 3. The van der Waals surface area contributed by atoms with Gasteiger partial charge < -0.3 is 5.32 Å². The molecule has 1 aromatic heterocycles. The summed E-state index contributed by atoms with van der Waals surface area (Å²) in [4.78, 5) is 27.4. The number of benzene rings is 1. The highest BCUT2D eigenvalue weighted by atomic mass is 19.1. The topological polar surface area (TPSA) is 88.9 Å². The average Bonchev–Trinajstić information content (AvgIpc) is 2.96. The monoisotopic (exact) mass is 275 g/mol. The average molecular weight is 275 g/mol. The lowest BCUT2D eigenvalue weighted by Gasteiger charge is -2.09. The van der Waals surface area contributed by atoms with E-state index in [2.05, 4.69) is 20.7 Å². The standard InChI is InChI=1S/C12H10FN5O2/c13-7-1-3-8(4-2-7)16-10(19)5-9-11(20)17-12-14-6-15-18(9)12/h1-4,6,9H,5H2,(H,16,19)(H,14,15,17,20). The van der Waals surface area contributed by atoms with Crippen LogP contribution in [0.25, 0.3) is 0 Å². The lowest BCUT2D eigenvalue weighted by atomic mass is 10.2. The number of carbonyl (C=O) groups is 2. The van der Waals surface area contributed by atoms with Crippen LogP contribution in [0.3, 0.4) is 0 Å². The zero-order chi connectivity index (χ0) is 14.1. The predicted molar refractivity (Wildman–Crippen MR) is 67.3 cm³/mol. The third-order valence-electron chi connectivity index (χ3n) is 2.91. The maximum absolute atomic E-state index is 12.7. The second-order valence-corrected chi connectivity index (χ2v) is 4.29. The van der Waals surface area contributed by atoms with Crippen LogP contribution in [0.2, 0.25) is 0 Å². The molecule has 0 saturated heterocycles. The number of hydrogen-bond donors (Lipinski definition) is 2. The van der Waals surface area contributed by atoms with Crippen LogP contribution in [-0.4, -0.2) is 26.6 Å². The Morgan fingerprint density at radius 3 is 2.90 bits per heavy atom. The minimum absolute atomic E-state index is 0.0699. The first-order valence-corrected chi connectivity index (χ1v) is 5.89. The number of anilines is 2. The van der Waals surface area contributed by atoms with E-state index in [1.54, 1.807) is 0 Å². The molecule has 0 fully saturated rings. The molecule has 102 valence electrons. The Hall–Kier alpha value is -2.77. The zero-order valence-electron chi connectivity index (χ0n) is 10.2. The molecule has 20 heavy (non-hydrogen) atoms. The van der Waals surface area contributed by atoms with E-state index < -0.39 is 6.04 Å². The van der Waals surface area contributed by atoms with Crippen LogP contribution in [0, 0.1) is 5.82 Å². The molecule has 0 radical (unpaired) electrons. The molecule has 2 aromatic rings. The molecule has 0 aliphatic carbocycles. The number of nitrogens with one attached hydrogen (secondary N) is 2. The van der Waals surface area contributed by atoms with Gasteiger partial charge >= 0.3 is 0 Å². The van der Waals surface area contributed by atoms with Crippen LogP contribution in [0.15, 0.2) is 30.6 Å². The lowest BCUT2D eigenvalue weighted by Crippen LogP contribution is -2.23. The first kappa shape index (κ1) is 12.3. The fourth-order valence-corrected chi connectivity index (χ4v) is 1.97. The van der Waals surface area contributed by atoms with Gasteiger partial charge in [-0.05, 0) is 24.3 Å². The largest absolute Gasteiger partial charge is 0.326 e. The summed E-state index contributed by atoms with van der Waals surface area (Å²) in [6.07, 6.45) is 1.24. The van der Waals surface area contributed by atoms with E-state index in [1.807, 2.05) is 0 Å². The van der Waals surface area contributed by atoms with Crippen LogP contribution in [0.5, 0.6) is 0 Å². The van der Waals surface area contributed by atoms with Gasteiger partial charge in [-0.1, -0.05) is 0 Å². The normalized spacial score (nSPS) is 16.6. The van der Waals surface area contributed by atoms with Crippen LogP contribution < -0.4 is 10.6 Å². The van der Waals surface area contributed by atoms with E-state index in [0.29, 0.717) is 11.6 Å². The van der Waals surface area contributed by atoms with Crippen molar-refractivity contribution >= 4 is 23.5 Å². The van der Waals surface area contributed by atoms with Gasteiger partial charge in [0.05, 0.1) is 6.42 Å². The van der Waals surface area contributed by atoms with E-state index in [1.165, 1.54) is 35.3 Å². The number of hydrogen-bond acceptors (Lipinski definition) is 4. The molecule has 3 rings (SSSR count). The molecule has 1 aliphatic heterocycles. The second kappa shape index (κ2) is 4.72. The summed E-state index contributed by atoms with van der Waals surface area (Å²) in [6, 6.07) is 4.67. The van der Waals surface area contributed by atoms with Gasteiger partial charge in [0.1, 0.15) is 18.2 Å². The Morgan fingerprint density at radius 1 is 1.40 bits per heavy atom. The summed E-state index contributed by atoms with van der Waals surface area (Å²) in [5.41, 5.74) is 0.466. The number of fused-ring (bicyclic) bond motifs is 1. The first-order valence-electron chi connectivity index (χ1n) is 5.89. The number of carbonyl (C=O) groups excluding carboxylic acids is 2. The van der Waals surface area contributed by atoms with Crippen molar-refractivity contribution in [3.8, 4) is 0 Å². The van der Waals surface area contributed by atoms with E-state index in [-0.39, 0.29) is 24.1 Å². The van der Waals surface area contributed by atoms with Crippen molar-refractivity contribution in [1.29, 1.82) is 0 Å². The Bertz CT molecular complexity index is 667. The summed E-state index contributed by atoms with van der Waals surface area (Å²) in [7, 11) is 0. The highest BCUT2D eigenvalue weighted by Crippen LogP contribution is 2.24. The predicted octanol–water partition coefficient (Wildman–Crippen LogP) is 0.939. The van der Waals surface area contributed by atoms with Gasteiger partial charge in [0.2, 0.25) is 11.9 Å². The van der Waals surface area contributed by atoms with Crippen LogP contribution in [0.1, 0.15) is 12.5 Å². The van der Waals surface area contributed by atoms with E-state index in [9.17, 15) is 14.0 Å². The minimum atomic E-state index is -0.715. The zero-order valence-corrected chi connectivity index (χ0v) is 10.2. The smallest absolute Gasteiger partial charge is 0.252 e. The fourth-order valence-electron chi connectivity index (χ4n) is 1.97. The van der Waals surface area contributed by atoms with Crippen LogP contribution in [-0.2, 0) is 9.59 Å². The molecule has 8 heteroatoms. The number of halogens is 1. The number of amides is 2. The Labute approximate surface area is 112 Å².